The van der Waals surface area contributed by atoms with E-state index in [1.165, 1.54) is 25.0 Å². The summed E-state index contributed by atoms with van der Waals surface area (Å²) in [6.45, 7) is 1.62. The van der Waals surface area contributed by atoms with E-state index >= 15 is 0 Å². The van der Waals surface area contributed by atoms with Crippen molar-refractivity contribution in [2.24, 2.45) is 0 Å². The van der Waals surface area contributed by atoms with Crippen LogP contribution in [0.4, 0.5) is 4.39 Å². The van der Waals surface area contributed by atoms with E-state index in [1.54, 1.807) is 13.0 Å². The van der Waals surface area contributed by atoms with Crippen LogP contribution in [0.2, 0.25) is 0 Å². The molecule has 0 spiro atoms. The lowest BCUT2D eigenvalue weighted by Gasteiger charge is -2.17. The summed E-state index contributed by atoms with van der Waals surface area (Å²) < 4.78 is 18.9. The fourth-order valence-electron chi connectivity index (χ4n) is 2.14. The molecule has 0 heterocycles. The Balaban J connectivity index is 2.18. The first-order valence-corrected chi connectivity index (χ1v) is 5.81. The van der Waals surface area contributed by atoms with Gasteiger partial charge in [-0.1, -0.05) is 0 Å². The molecule has 1 aliphatic carbocycles. The van der Waals surface area contributed by atoms with Crippen molar-refractivity contribution in [1.29, 1.82) is 0 Å². The zero-order chi connectivity index (χ0) is 11.5. The van der Waals surface area contributed by atoms with Crippen LogP contribution < -0.4 is 4.74 Å². The lowest BCUT2D eigenvalue weighted by atomic mass is 10.1. The molecule has 16 heavy (non-hydrogen) atoms. The molecular formula is C13H17FO2. The van der Waals surface area contributed by atoms with E-state index in [-0.39, 0.29) is 11.9 Å². The highest BCUT2D eigenvalue weighted by atomic mass is 19.1. The van der Waals surface area contributed by atoms with Crippen LogP contribution in [0.25, 0.3) is 0 Å². The Labute approximate surface area is 95.1 Å². The Bertz CT molecular complexity index is 357. The second-order valence-corrected chi connectivity index (χ2v) is 4.38. The number of aliphatic hydroxyl groups is 1. The average Bonchev–Trinajstić information content (AvgIpc) is 2.73. The maximum Gasteiger partial charge on any atom is 0.125 e. The first kappa shape index (κ1) is 11.4. The summed E-state index contributed by atoms with van der Waals surface area (Å²) in [5.41, 5.74) is 0.534. The molecule has 1 N–H and O–H groups in total. The van der Waals surface area contributed by atoms with Gasteiger partial charge >= 0.3 is 0 Å². The van der Waals surface area contributed by atoms with Gasteiger partial charge in [-0.2, -0.15) is 0 Å². The van der Waals surface area contributed by atoms with Gasteiger partial charge in [-0.3, -0.25) is 0 Å². The number of ether oxygens (including phenoxy) is 1. The van der Waals surface area contributed by atoms with E-state index in [0.29, 0.717) is 11.3 Å². The Kier molecular flexibility index (Phi) is 3.44. The second kappa shape index (κ2) is 4.83. The molecular weight excluding hydrogens is 207 g/mol. The molecule has 2 nitrogen and oxygen atoms in total. The third-order valence-electron chi connectivity index (χ3n) is 3.02. The molecule has 0 radical (unpaired) electrons. The van der Waals surface area contributed by atoms with E-state index in [0.717, 1.165) is 12.8 Å². The molecule has 1 aromatic carbocycles. The molecule has 1 atom stereocenters. The number of benzene rings is 1. The molecule has 0 aromatic heterocycles. The van der Waals surface area contributed by atoms with Crippen molar-refractivity contribution >= 4 is 0 Å². The van der Waals surface area contributed by atoms with Crippen molar-refractivity contribution in [2.45, 2.75) is 44.8 Å². The van der Waals surface area contributed by atoms with Crippen LogP contribution in [0.5, 0.6) is 5.75 Å². The molecule has 1 fully saturated rings. The maximum atomic E-state index is 13.1. The lowest BCUT2D eigenvalue weighted by Crippen LogP contribution is -2.13. The predicted octanol–water partition coefficient (Wildman–Crippen LogP) is 3.20. The SMILES string of the molecule is C[C@@H](O)c1cc(F)ccc1OC1CCCC1. The van der Waals surface area contributed by atoms with Crippen LogP contribution >= 0.6 is 0 Å². The Morgan fingerprint density at radius 3 is 2.69 bits per heavy atom. The predicted molar refractivity (Wildman–Crippen MR) is 59.9 cm³/mol. The monoisotopic (exact) mass is 224 g/mol. The largest absolute Gasteiger partial charge is 0.490 e. The molecule has 1 aromatic rings. The summed E-state index contributed by atoms with van der Waals surface area (Å²) in [7, 11) is 0. The summed E-state index contributed by atoms with van der Waals surface area (Å²) in [5, 5.41) is 9.56. The third-order valence-corrected chi connectivity index (χ3v) is 3.02. The van der Waals surface area contributed by atoms with Gasteiger partial charge in [0.25, 0.3) is 0 Å². The smallest absolute Gasteiger partial charge is 0.125 e. The molecule has 0 unspecified atom stereocenters. The first-order valence-electron chi connectivity index (χ1n) is 5.81. The van der Waals surface area contributed by atoms with Crippen molar-refractivity contribution in [3.05, 3.63) is 29.6 Å². The van der Waals surface area contributed by atoms with Gasteiger partial charge in [-0.25, -0.2) is 4.39 Å². The normalized spacial score (nSPS) is 18.7. The summed E-state index contributed by atoms with van der Waals surface area (Å²) in [5.74, 6) is 0.276. The zero-order valence-corrected chi connectivity index (χ0v) is 9.45. The quantitative estimate of drug-likeness (QED) is 0.854. The Hall–Kier alpha value is -1.09. The molecule has 1 saturated carbocycles. The summed E-state index contributed by atoms with van der Waals surface area (Å²) in [6, 6.07) is 4.32. The third kappa shape index (κ3) is 2.53. The highest BCUT2D eigenvalue weighted by molar-refractivity contribution is 5.35. The van der Waals surface area contributed by atoms with E-state index in [1.807, 2.05) is 0 Å². The van der Waals surface area contributed by atoms with Crippen molar-refractivity contribution < 1.29 is 14.2 Å². The molecule has 3 heteroatoms. The highest BCUT2D eigenvalue weighted by Gasteiger charge is 2.19. The van der Waals surface area contributed by atoms with Crippen molar-refractivity contribution in [1.82, 2.24) is 0 Å². The number of aliphatic hydroxyl groups excluding tert-OH is 1. The van der Waals surface area contributed by atoms with Crippen LogP contribution in [0.1, 0.15) is 44.3 Å². The molecule has 0 amide bonds. The number of rotatable bonds is 3. The molecule has 0 saturated heterocycles. The van der Waals surface area contributed by atoms with Crippen molar-refractivity contribution in [2.75, 3.05) is 0 Å². The van der Waals surface area contributed by atoms with Crippen molar-refractivity contribution in [3.63, 3.8) is 0 Å². The standard InChI is InChI=1S/C13H17FO2/c1-9(15)12-8-10(14)6-7-13(12)16-11-4-2-3-5-11/h6-9,11,15H,2-5H2,1H3/t9-/m1/s1. The van der Waals surface area contributed by atoms with E-state index in [9.17, 15) is 9.50 Å². The molecule has 1 aliphatic rings. The second-order valence-electron chi connectivity index (χ2n) is 4.38. The summed E-state index contributed by atoms with van der Waals surface area (Å²) in [6.07, 6.45) is 4.01. The molecule has 0 bridgehead atoms. The van der Waals surface area contributed by atoms with E-state index < -0.39 is 6.10 Å². The minimum absolute atomic E-state index is 0.225. The van der Waals surface area contributed by atoms with Crippen LogP contribution in [0, 0.1) is 5.82 Å². The fraction of sp³-hybridized carbons (Fsp3) is 0.538. The van der Waals surface area contributed by atoms with Crippen LogP contribution in [0.3, 0.4) is 0 Å². The van der Waals surface area contributed by atoms with Crippen LogP contribution in [-0.4, -0.2) is 11.2 Å². The number of hydrogen-bond acceptors (Lipinski definition) is 2. The van der Waals surface area contributed by atoms with Gasteiger partial charge < -0.3 is 9.84 Å². The minimum Gasteiger partial charge on any atom is -0.490 e. The maximum absolute atomic E-state index is 13.1. The summed E-state index contributed by atoms with van der Waals surface area (Å²) in [4.78, 5) is 0. The Morgan fingerprint density at radius 1 is 1.38 bits per heavy atom. The van der Waals surface area contributed by atoms with Gasteiger partial charge in [-0.05, 0) is 50.8 Å². The fourth-order valence-corrected chi connectivity index (χ4v) is 2.14. The zero-order valence-electron chi connectivity index (χ0n) is 9.45. The van der Waals surface area contributed by atoms with Crippen LogP contribution in [0.15, 0.2) is 18.2 Å². The van der Waals surface area contributed by atoms with Crippen molar-refractivity contribution in [3.8, 4) is 5.75 Å². The highest BCUT2D eigenvalue weighted by Crippen LogP contribution is 2.30. The van der Waals surface area contributed by atoms with Gasteiger partial charge in [-0.15, -0.1) is 0 Å². The van der Waals surface area contributed by atoms with Crippen LogP contribution in [-0.2, 0) is 0 Å². The first-order chi connectivity index (χ1) is 7.66. The van der Waals surface area contributed by atoms with Gasteiger partial charge in [0, 0.05) is 5.56 Å². The van der Waals surface area contributed by atoms with E-state index in [2.05, 4.69) is 0 Å². The number of hydrogen-bond donors (Lipinski definition) is 1. The molecule has 0 aliphatic heterocycles. The minimum atomic E-state index is -0.702. The van der Waals surface area contributed by atoms with Gasteiger partial charge in [0.2, 0.25) is 0 Å². The molecule has 88 valence electrons. The average molecular weight is 224 g/mol. The van der Waals surface area contributed by atoms with Gasteiger partial charge in [0.05, 0.1) is 12.2 Å². The summed E-state index contributed by atoms with van der Waals surface area (Å²) >= 11 is 0. The van der Waals surface area contributed by atoms with Gasteiger partial charge in [0.1, 0.15) is 11.6 Å². The topological polar surface area (TPSA) is 29.5 Å². The lowest BCUT2D eigenvalue weighted by molar-refractivity contribution is 0.173. The molecule has 2 rings (SSSR count). The van der Waals surface area contributed by atoms with E-state index in [4.69, 9.17) is 4.74 Å². The number of halogens is 1. The van der Waals surface area contributed by atoms with Gasteiger partial charge in [0.15, 0.2) is 0 Å². The Morgan fingerprint density at radius 2 is 2.06 bits per heavy atom.